The smallest absolute Gasteiger partial charge is 0.341 e. The first kappa shape index (κ1) is 13.9. The van der Waals surface area contributed by atoms with Crippen LogP contribution in [0.15, 0.2) is 0 Å². The van der Waals surface area contributed by atoms with Gasteiger partial charge in [0.05, 0.1) is 16.7 Å². The Labute approximate surface area is 111 Å². The van der Waals surface area contributed by atoms with Gasteiger partial charge < -0.3 is 10.4 Å². The molecule has 8 heteroatoms. The zero-order valence-electron chi connectivity index (χ0n) is 10.9. The van der Waals surface area contributed by atoms with Gasteiger partial charge in [-0.1, -0.05) is 0 Å². The molecule has 1 aromatic heterocycles. The molecule has 19 heavy (non-hydrogen) atoms. The fraction of sp³-hybridized carbons (Fsp3) is 0.636. The number of aromatic nitrogens is 2. The summed E-state index contributed by atoms with van der Waals surface area (Å²) >= 11 is 0. The van der Waals surface area contributed by atoms with Crippen LogP contribution in [0.3, 0.4) is 0 Å². The van der Waals surface area contributed by atoms with Crippen molar-refractivity contribution in [1.82, 2.24) is 9.78 Å². The van der Waals surface area contributed by atoms with E-state index in [1.54, 1.807) is 14.0 Å². The number of sulfone groups is 1. The first-order chi connectivity index (χ1) is 8.83. The number of anilines is 1. The quantitative estimate of drug-likeness (QED) is 0.832. The van der Waals surface area contributed by atoms with Gasteiger partial charge in [-0.2, -0.15) is 5.10 Å². The molecule has 106 valence electrons. The fourth-order valence-corrected chi connectivity index (χ4v) is 4.18. The van der Waals surface area contributed by atoms with Crippen molar-refractivity contribution >= 4 is 21.6 Å². The van der Waals surface area contributed by atoms with E-state index in [9.17, 15) is 13.2 Å². The molecule has 7 nitrogen and oxygen atoms in total. The number of rotatable bonds is 4. The summed E-state index contributed by atoms with van der Waals surface area (Å²) < 4.78 is 24.9. The first-order valence-corrected chi connectivity index (χ1v) is 7.77. The molecule has 0 spiro atoms. The van der Waals surface area contributed by atoms with E-state index < -0.39 is 21.1 Å². The van der Waals surface area contributed by atoms with Gasteiger partial charge in [-0.15, -0.1) is 0 Å². The average molecular weight is 287 g/mol. The van der Waals surface area contributed by atoms with Crippen LogP contribution in [-0.2, 0) is 16.9 Å². The Balaban J connectivity index is 2.18. The van der Waals surface area contributed by atoms with Crippen molar-refractivity contribution in [3.8, 4) is 0 Å². The van der Waals surface area contributed by atoms with Crippen LogP contribution in [0.25, 0.3) is 0 Å². The molecule has 0 aromatic carbocycles. The van der Waals surface area contributed by atoms with Crippen LogP contribution in [0.2, 0.25) is 0 Å². The zero-order chi connectivity index (χ0) is 14.2. The van der Waals surface area contributed by atoms with E-state index in [1.807, 2.05) is 0 Å². The van der Waals surface area contributed by atoms with Crippen molar-refractivity contribution in [2.75, 3.05) is 17.6 Å². The molecular weight excluding hydrogens is 270 g/mol. The van der Waals surface area contributed by atoms with Crippen molar-refractivity contribution in [2.24, 2.45) is 7.05 Å². The van der Waals surface area contributed by atoms with Crippen molar-refractivity contribution in [3.05, 3.63) is 11.3 Å². The topological polar surface area (TPSA) is 101 Å². The maximum Gasteiger partial charge on any atom is 0.341 e. The molecular formula is C11H17N3O4S. The van der Waals surface area contributed by atoms with E-state index in [4.69, 9.17) is 5.11 Å². The highest BCUT2D eigenvalue weighted by atomic mass is 32.2. The molecule has 1 saturated heterocycles. The van der Waals surface area contributed by atoms with Crippen LogP contribution in [0.1, 0.15) is 28.9 Å². The number of hydrogen-bond acceptors (Lipinski definition) is 5. The standard InChI is InChI=1S/C11H17N3O4S/c1-7-9(11(15)16)10(14(2)13-7)12-6-8-4-3-5-19(8,17)18/h8,12H,3-6H2,1-2H3,(H,15,16). The molecule has 0 amide bonds. The molecule has 2 heterocycles. The maximum atomic E-state index is 11.7. The molecule has 1 aliphatic rings. The zero-order valence-corrected chi connectivity index (χ0v) is 11.7. The Bertz CT molecular complexity index is 606. The number of carboxylic acid groups (broad SMARTS) is 1. The summed E-state index contributed by atoms with van der Waals surface area (Å²) in [5, 5.41) is 15.7. The highest BCUT2D eigenvalue weighted by molar-refractivity contribution is 7.92. The van der Waals surface area contributed by atoms with Gasteiger partial charge in [0.1, 0.15) is 11.4 Å². The molecule has 0 bridgehead atoms. The van der Waals surface area contributed by atoms with Gasteiger partial charge in [0.25, 0.3) is 0 Å². The van der Waals surface area contributed by atoms with Crippen LogP contribution in [0, 0.1) is 6.92 Å². The van der Waals surface area contributed by atoms with Crippen LogP contribution < -0.4 is 5.32 Å². The first-order valence-electron chi connectivity index (χ1n) is 6.05. The average Bonchev–Trinajstić information content (AvgIpc) is 2.75. The summed E-state index contributed by atoms with van der Waals surface area (Å²) in [6.45, 7) is 1.84. The number of carbonyl (C=O) groups is 1. The van der Waals surface area contributed by atoms with Gasteiger partial charge in [0.2, 0.25) is 0 Å². The number of aromatic carboxylic acids is 1. The van der Waals surface area contributed by atoms with Gasteiger partial charge in [0, 0.05) is 13.6 Å². The van der Waals surface area contributed by atoms with Gasteiger partial charge in [0.15, 0.2) is 9.84 Å². The second-order valence-electron chi connectivity index (χ2n) is 4.75. The molecule has 0 radical (unpaired) electrons. The molecule has 1 aromatic rings. The Morgan fingerprint density at radius 2 is 2.26 bits per heavy atom. The number of nitrogens with one attached hydrogen (secondary N) is 1. The Morgan fingerprint density at radius 3 is 2.79 bits per heavy atom. The lowest BCUT2D eigenvalue weighted by Crippen LogP contribution is -2.26. The number of aryl methyl sites for hydroxylation is 2. The summed E-state index contributed by atoms with van der Waals surface area (Å²) in [6, 6.07) is 0. The maximum absolute atomic E-state index is 11.7. The highest BCUT2D eigenvalue weighted by Crippen LogP contribution is 2.23. The van der Waals surface area contributed by atoms with E-state index in [1.165, 1.54) is 4.68 Å². The molecule has 1 atom stereocenters. The monoisotopic (exact) mass is 287 g/mol. The summed E-state index contributed by atoms with van der Waals surface area (Å²) in [5.41, 5.74) is 0.504. The van der Waals surface area contributed by atoms with Crippen LogP contribution >= 0.6 is 0 Å². The summed E-state index contributed by atoms with van der Waals surface area (Å²) in [7, 11) is -1.41. The minimum atomic E-state index is -3.04. The predicted octanol–water partition coefficient (Wildman–Crippen LogP) is 0.416. The SMILES string of the molecule is Cc1nn(C)c(NCC2CCCS2(=O)=O)c1C(=O)O. The van der Waals surface area contributed by atoms with E-state index in [0.717, 1.165) is 0 Å². The van der Waals surface area contributed by atoms with Gasteiger partial charge >= 0.3 is 5.97 Å². The summed E-state index contributed by atoms with van der Waals surface area (Å²) in [6.07, 6.45) is 1.29. The van der Waals surface area contributed by atoms with Crippen LogP contribution in [-0.4, -0.2) is 46.8 Å². The van der Waals surface area contributed by atoms with E-state index in [0.29, 0.717) is 24.4 Å². The molecule has 1 fully saturated rings. The minimum Gasteiger partial charge on any atom is -0.477 e. The van der Waals surface area contributed by atoms with Gasteiger partial charge in [-0.05, 0) is 19.8 Å². The summed E-state index contributed by atoms with van der Waals surface area (Å²) in [4.78, 5) is 11.2. The Hall–Kier alpha value is -1.57. The molecule has 2 N–H and O–H groups in total. The van der Waals surface area contributed by atoms with Crippen molar-refractivity contribution in [1.29, 1.82) is 0 Å². The van der Waals surface area contributed by atoms with Crippen molar-refractivity contribution in [3.63, 3.8) is 0 Å². The molecule has 2 rings (SSSR count). The lowest BCUT2D eigenvalue weighted by molar-refractivity contribution is 0.0697. The largest absolute Gasteiger partial charge is 0.477 e. The lowest BCUT2D eigenvalue weighted by Gasteiger charge is -2.12. The molecule has 1 aliphatic heterocycles. The highest BCUT2D eigenvalue weighted by Gasteiger charge is 2.31. The Morgan fingerprint density at radius 1 is 1.58 bits per heavy atom. The third-order valence-electron chi connectivity index (χ3n) is 3.40. The predicted molar refractivity (Wildman–Crippen MR) is 70.2 cm³/mol. The van der Waals surface area contributed by atoms with E-state index in [-0.39, 0.29) is 17.9 Å². The molecule has 0 saturated carbocycles. The summed E-state index contributed by atoms with van der Waals surface area (Å²) in [5.74, 6) is -0.496. The number of hydrogen-bond donors (Lipinski definition) is 2. The van der Waals surface area contributed by atoms with Gasteiger partial charge in [-0.3, -0.25) is 4.68 Å². The Kier molecular flexibility index (Phi) is 3.53. The van der Waals surface area contributed by atoms with Crippen molar-refractivity contribution < 1.29 is 18.3 Å². The second-order valence-corrected chi connectivity index (χ2v) is 7.15. The number of carboxylic acids is 1. The number of nitrogens with zero attached hydrogens (tertiary/aromatic N) is 2. The van der Waals surface area contributed by atoms with Crippen LogP contribution in [0.4, 0.5) is 5.82 Å². The normalized spacial score (nSPS) is 21.5. The lowest BCUT2D eigenvalue weighted by atomic mass is 10.2. The van der Waals surface area contributed by atoms with Crippen molar-refractivity contribution in [2.45, 2.75) is 25.0 Å². The molecule has 1 unspecified atom stereocenters. The second kappa shape index (κ2) is 4.84. The van der Waals surface area contributed by atoms with E-state index in [2.05, 4.69) is 10.4 Å². The third kappa shape index (κ3) is 2.58. The van der Waals surface area contributed by atoms with Crippen LogP contribution in [0.5, 0.6) is 0 Å². The molecule has 0 aliphatic carbocycles. The van der Waals surface area contributed by atoms with E-state index >= 15 is 0 Å². The third-order valence-corrected chi connectivity index (χ3v) is 5.67. The minimum absolute atomic E-state index is 0.0953. The van der Waals surface area contributed by atoms with Gasteiger partial charge in [-0.25, -0.2) is 13.2 Å². The fourth-order valence-electron chi connectivity index (χ4n) is 2.41.